The molecule has 1 fully saturated rings. The quantitative estimate of drug-likeness (QED) is 0.678. The Balaban J connectivity index is 1.51. The van der Waals surface area contributed by atoms with E-state index < -0.39 is 5.97 Å². The lowest BCUT2D eigenvalue weighted by Crippen LogP contribution is -2.45. The van der Waals surface area contributed by atoms with Crippen molar-refractivity contribution in [2.45, 2.75) is 25.7 Å². The van der Waals surface area contributed by atoms with E-state index in [1.54, 1.807) is 18.3 Å². The monoisotopic (exact) mass is 372 g/mol. The van der Waals surface area contributed by atoms with Crippen molar-refractivity contribution in [3.05, 3.63) is 34.5 Å². The van der Waals surface area contributed by atoms with Crippen molar-refractivity contribution in [2.75, 3.05) is 25.0 Å². The maximum absolute atomic E-state index is 12.1. The fourth-order valence-corrected chi connectivity index (χ4v) is 4.02. The molecule has 1 aliphatic carbocycles. The normalized spacial score (nSPS) is 17.0. The predicted octanol–water partition coefficient (Wildman–Crippen LogP) is 2.72. The molecule has 0 radical (unpaired) electrons. The standard InChI is InChI=1S/C18H20N4O3S/c1-2-25-17(23)12-8-20-18(24)22-14(12)9-19-11-5-6-13-15(7-11)26-16(21-13)10-3-4-10/h5-7,10,19H,2-4,8-9H2,1H3,(H2,20,22,24). The van der Waals surface area contributed by atoms with Crippen LogP contribution in [0.25, 0.3) is 10.2 Å². The molecule has 0 saturated heterocycles. The first-order chi connectivity index (χ1) is 12.6. The number of hydrogen-bond donors (Lipinski definition) is 3. The van der Waals surface area contributed by atoms with Gasteiger partial charge < -0.3 is 20.7 Å². The summed E-state index contributed by atoms with van der Waals surface area (Å²) in [6.07, 6.45) is 2.48. The summed E-state index contributed by atoms with van der Waals surface area (Å²) in [4.78, 5) is 28.4. The maximum atomic E-state index is 12.1. The summed E-state index contributed by atoms with van der Waals surface area (Å²) in [6, 6.07) is 5.71. The van der Waals surface area contributed by atoms with Crippen molar-refractivity contribution in [3.8, 4) is 0 Å². The molecule has 0 bridgehead atoms. The van der Waals surface area contributed by atoms with Crippen molar-refractivity contribution >= 4 is 39.2 Å². The van der Waals surface area contributed by atoms with Crippen LogP contribution in [0.5, 0.6) is 0 Å². The highest BCUT2D eigenvalue weighted by molar-refractivity contribution is 7.18. The minimum atomic E-state index is -0.413. The first kappa shape index (κ1) is 16.8. The van der Waals surface area contributed by atoms with E-state index in [0.717, 1.165) is 15.9 Å². The van der Waals surface area contributed by atoms with Crippen LogP contribution < -0.4 is 16.0 Å². The van der Waals surface area contributed by atoms with Crippen LogP contribution in [0.15, 0.2) is 29.5 Å². The molecular weight excluding hydrogens is 352 g/mol. The Labute approximate surface area is 154 Å². The van der Waals surface area contributed by atoms with Gasteiger partial charge in [-0.15, -0.1) is 11.3 Å². The Bertz CT molecular complexity index is 901. The van der Waals surface area contributed by atoms with Gasteiger partial charge in [0.25, 0.3) is 0 Å². The van der Waals surface area contributed by atoms with Gasteiger partial charge in [0.1, 0.15) is 0 Å². The molecule has 1 aromatic heterocycles. The van der Waals surface area contributed by atoms with E-state index in [0.29, 0.717) is 30.3 Å². The molecule has 2 aromatic rings. The van der Waals surface area contributed by atoms with Crippen LogP contribution in [0.2, 0.25) is 0 Å². The average molecular weight is 372 g/mol. The summed E-state index contributed by atoms with van der Waals surface area (Å²) < 4.78 is 6.21. The topological polar surface area (TPSA) is 92.3 Å². The second-order valence-electron chi connectivity index (χ2n) is 6.35. The Morgan fingerprint density at radius 1 is 1.42 bits per heavy atom. The smallest absolute Gasteiger partial charge is 0.337 e. The Hall–Kier alpha value is -2.61. The van der Waals surface area contributed by atoms with E-state index in [9.17, 15) is 9.59 Å². The number of hydrogen-bond acceptors (Lipinski definition) is 6. The molecule has 1 saturated carbocycles. The highest BCUT2D eigenvalue weighted by atomic mass is 32.1. The third kappa shape index (κ3) is 3.50. The first-order valence-electron chi connectivity index (χ1n) is 8.72. The van der Waals surface area contributed by atoms with Crippen molar-refractivity contribution in [1.29, 1.82) is 0 Å². The van der Waals surface area contributed by atoms with Crippen molar-refractivity contribution in [2.24, 2.45) is 0 Å². The molecule has 7 nitrogen and oxygen atoms in total. The molecule has 0 atom stereocenters. The number of urea groups is 1. The van der Waals surface area contributed by atoms with Gasteiger partial charge in [0.05, 0.1) is 46.2 Å². The van der Waals surface area contributed by atoms with Crippen LogP contribution in [0.3, 0.4) is 0 Å². The summed E-state index contributed by atoms with van der Waals surface area (Å²) in [6.45, 7) is 2.55. The maximum Gasteiger partial charge on any atom is 0.337 e. The fraction of sp³-hybridized carbons (Fsp3) is 0.389. The zero-order valence-electron chi connectivity index (χ0n) is 14.4. The summed E-state index contributed by atoms with van der Waals surface area (Å²) >= 11 is 1.74. The molecule has 136 valence electrons. The van der Waals surface area contributed by atoms with Crippen LogP contribution in [-0.2, 0) is 9.53 Å². The van der Waals surface area contributed by atoms with Gasteiger partial charge in [0, 0.05) is 11.6 Å². The highest BCUT2D eigenvalue weighted by Gasteiger charge is 2.27. The van der Waals surface area contributed by atoms with Gasteiger partial charge in [0.2, 0.25) is 0 Å². The lowest BCUT2D eigenvalue weighted by atomic mass is 10.1. The van der Waals surface area contributed by atoms with E-state index in [1.165, 1.54) is 17.8 Å². The fourth-order valence-electron chi connectivity index (χ4n) is 2.84. The van der Waals surface area contributed by atoms with Gasteiger partial charge >= 0.3 is 12.0 Å². The number of nitrogens with one attached hydrogen (secondary N) is 3. The summed E-state index contributed by atoms with van der Waals surface area (Å²) in [5, 5.41) is 9.79. The Morgan fingerprint density at radius 3 is 3.04 bits per heavy atom. The van der Waals surface area contributed by atoms with Gasteiger partial charge in [-0.2, -0.15) is 0 Å². The van der Waals surface area contributed by atoms with Gasteiger partial charge in [-0.1, -0.05) is 0 Å². The van der Waals surface area contributed by atoms with Crippen molar-refractivity contribution in [3.63, 3.8) is 0 Å². The van der Waals surface area contributed by atoms with Crippen LogP contribution >= 0.6 is 11.3 Å². The molecule has 26 heavy (non-hydrogen) atoms. The zero-order chi connectivity index (χ0) is 18.1. The van der Waals surface area contributed by atoms with E-state index >= 15 is 0 Å². The number of aromatic nitrogens is 1. The lowest BCUT2D eigenvalue weighted by molar-refractivity contribution is -0.138. The molecule has 4 rings (SSSR count). The minimum absolute atomic E-state index is 0.167. The van der Waals surface area contributed by atoms with Gasteiger partial charge in [-0.25, -0.2) is 14.6 Å². The SMILES string of the molecule is CCOC(=O)C1=C(CNc2ccc3nc(C4CC4)sc3c2)NC(=O)NC1. The first-order valence-corrected chi connectivity index (χ1v) is 9.54. The molecule has 0 spiro atoms. The minimum Gasteiger partial charge on any atom is -0.463 e. The van der Waals surface area contributed by atoms with E-state index in [1.807, 2.05) is 12.1 Å². The van der Waals surface area contributed by atoms with E-state index in [2.05, 4.69) is 27.0 Å². The number of carbonyl (C=O) groups is 2. The van der Waals surface area contributed by atoms with Crippen LogP contribution in [0.4, 0.5) is 10.5 Å². The molecule has 3 N–H and O–H groups in total. The largest absolute Gasteiger partial charge is 0.463 e. The number of benzene rings is 1. The number of fused-ring (bicyclic) bond motifs is 1. The molecule has 2 amide bonds. The van der Waals surface area contributed by atoms with Crippen molar-refractivity contribution < 1.29 is 14.3 Å². The third-order valence-corrected chi connectivity index (χ3v) is 5.56. The number of nitrogens with zero attached hydrogens (tertiary/aromatic N) is 1. The predicted molar refractivity (Wildman–Crippen MR) is 100 cm³/mol. The highest BCUT2D eigenvalue weighted by Crippen LogP contribution is 2.43. The average Bonchev–Trinajstić information content (AvgIpc) is 3.39. The number of rotatable bonds is 6. The Kier molecular flexibility index (Phi) is 4.50. The molecule has 2 heterocycles. The molecule has 2 aliphatic rings. The van der Waals surface area contributed by atoms with Gasteiger partial charge in [-0.3, -0.25) is 0 Å². The number of ether oxygens (including phenoxy) is 1. The van der Waals surface area contributed by atoms with E-state index in [-0.39, 0.29) is 12.6 Å². The van der Waals surface area contributed by atoms with Gasteiger partial charge in [-0.05, 0) is 38.0 Å². The molecule has 1 aliphatic heterocycles. The number of thiazole rings is 1. The summed E-state index contributed by atoms with van der Waals surface area (Å²) in [7, 11) is 0. The molecule has 8 heteroatoms. The summed E-state index contributed by atoms with van der Waals surface area (Å²) in [5.41, 5.74) is 2.92. The molecule has 1 aromatic carbocycles. The number of amides is 2. The van der Waals surface area contributed by atoms with Crippen LogP contribution in [0, 0.1) is 0 Å². The second kappa shape index (κ2) is 6.95. The van der Waals surface area contributed by atoms with Gasteiger partial charge in [0.15, 0.2) is 0 Å². The lowest BCUT2D eigenvalue weighted by Gasteiger charge is -2.21. The molecular formula is C18H20N4O3S. The Morgan fingerprint density at radius 2 is 2.27 bits per heavy atom. The number of anilines is 1. The number of carbonyl (C=O) groups excluding carboxylic acids is 2. The third-order valence-electron chi connectivity index (χ3n) is 4.38. The zero-order valence-corrected chi connectivity index (χ0v) is 15.2. The number of esters is 1. The van der Waals surface area contributed by atoms with Crippen molar-refractivity contribution in [1.82, 2.24) is 15.6 Å². The molecule has 0 unspecified atom stereocenters. The van der Waals surface area contributed by atoms with Crippen LogP contribution in [0.1, 0.15) is 30.7 Å². The second-order valence-corrected chi connectivity index (χ2v) is 7.41. The van der Waals surface area contributed by atoms with Crippen LogP contribution in [-0.4, -0.2) is 36.7 Å². The summed E-state index contributed by atoms with van der Waals surface area (Å²) in [5.74, 6) is 0.231. The van der Waals surface area contributed by atoms with E-state index in [4.69, 9.17) is 4.74 Å².